The first-order valence-electron chi connectivity index (χ1n) is 6.57. The molecule has 5 nitrogen and oxygen atoms in total. The molecule has 0 aliphatic carbocycles. The molecule has 1 atom stereocenters. The van der Waals surface area contributed by atoms with Gasteiger partial charge in [-0.05, 0) is 45.1 Å². The number of hydrogen-bond acceptors (Lipinski definition) is 4. The molecule has 1 saturated heterocycles. The molecular formula is C14H21N3O2. The van der Waals surface area contributed by atoms with Crippen molar-refractivity contribution in [2.24, 2.45) is 0 Å². The van der Waals surface area contributed by atoms with Crippen LogP contribution in [0.5, 0.6) is 5.75 Å². The Bertz CT molecular complexity index is 476. The minimum Gasteiger partial charge on any atom is -0.506 e. The van der Waals surface area contributed by atoms with Crippen molar-refractivity contribution in [1.29, 1.82) is 0 Å². The van der Waals surface area contributed by atoms with Gasteiger partial charge in [0.2, 0.25) is 0 Å². The van der Waals surface area contributed by atoms with Crippen molar-refractivity contribution in [2.45, 2.75) is 19.4 Å². The maximum absolute atomic E-state index is 12.5. The predicted molar refractivity (Wildman–Crippen MR) is 75.1 cm³/mol. The summed E-state index contributed by atoms with van der Waals surface area (Å²) in [6.45, 7) is 4.67. The fourth-order valence-electron chi connectivity index (χ4n) is 2.52. The number of rotatable bonds is 1. The first-order valence-corrected chi connectivity index (χ1v) is 6.57. The summed E-state index contributed by atoms with van der Waals surface area (Å²) in [5, 5.41) is 9.61. The predicted octanol–water partition coefficient (Wildman–Crippen LogP) is 1.14. The van der Waals surface area contributed by atoms with Crippen molar-refractivity contribution in [3.05, 3.63) is 23.8 Å². The van der Waals surface area contributed by atoms with Crippen LogP contribution >= 0.6 is 0 Å². The summed E-state index contributed by atoms with van der Waals surface area (Å²) >= 11 is 0. The maximum Gasteiger partial charge on any atom is 0.254 e. The van der Waals surface area contributed by atoms with Gasteiger partial charge in [0.25, 0.3) is 5.91 Å². The fourth-order valence-corrected chi connectivity index (χ4v) is 2.52. The van der Waals surface area contributed by atoms with Crippen molar-refractivity contribution < 1.29 is 9.90 Å². The van der Waals surface area contributed by atoms with Crippen LogP contribution in [0.25, 0.3) is 0 Å². The number of amides is 1. The summed E-state index contributed by atoms with van der Waals surface area (Å²) in [6, 6.07) is 4.84. The molecule has 0 spiro atoms. The van der Waals surface area contributed by atoms with Gasteiger partial charge in [0.1, 0.15) is 5.75 Å². The number of likely N-dealkylation sites (N-methyl/N-ethyl adjacent to an activating group) is 1. The Labute approximate surface area is 113 Å². The van der Waals surface area contributed by atoms with Crippen LogP contribution in [-0.4, -0.2) is 53.5 Å². The van der Waals surface area contributed by atoms with Crippen LogP contribution in [0.1, 0.15) is 23.7 Å². The summed E-state index contributed by atoms with van der Waals surface area (Å²) in [6.07, 6.45) is 0.966. The summed E-state index contributed by atoms with van der Waals surface area (Å²) in [7, 11) is 2.07. The van der Waals surface area contributed by atoms with E-state index < -0.39 is 0 Å². The van der Waals surface area contributed by atoms with Crippen molar-refractivity contribution in [1.82, 2.24) is 9.80 Å². The van der Waals surface area contributed by atoms with Crippen molar-refractivity contribution in [2.75, 3.05) is 32.4 Å². The van der Waals surface area contributed by atoms with E-state index in [4.69, 9.17) is 5.73 Å². The highest BCUT2D eigenvalue weighted by Crippen LogP contribution is 2.22. The zero-order chi connectivity index (χ0) is 14.0. The van der Waals surface area contributed by atoms with E-state index in [1.165, 1.54) is 6.07 Å². The molecule has 0 saturated carbocycles. The molecule has 2 rings (SSSR count). The molecule has 1 aromatic rings. The van der Waals surface area contributed by atoms with Gasteiger partial charge in [0, 0.05) is 24.7 Å². The molecule has 1 amide bonds. The Morgan fingerprint density at radius 2 is 2.16 bits per heavy atom. The molecule has 3 N–H and O–H groups in total. The molecular weight excluding hydrogens is 242 g/mol. The van der Waals surface area contributed by atoms with Crippen molar-refractivity contribution >= 4 is 11.6 Å². The van der Waals surface area contributed by atoms with Gasteiger partial charge < -0.3 is 20.6 Å². The van der Waals surface area contributed by atoms with Crippen LogP contribution in [0.15, 0.2) is 18.2 Å². The molecule has 1 aliphatic rings. The molecule has 5 heteroatoms. The van der Waals surface area contributed by atoms with E-state index >= 15 is 0 Å². The molecule has 19 heavy (non-hydrogen) atoms. The van der Waals surface area contributed by atoms with E-state index in [9.17, 15) is 9.90 Å². The number of phenols is 1. The van der Waals surface area contributed by atoms with Gasteiger partial charge in [-0.1, -0.05) is 0 Å². The van der Waals surface area contributed by atoms with E-state index in [0.29, 0.717) is 11.3 Å². The third kappa shape index (κ3) is 2.98. The molecule has 1 unspecified atom stereocenters. The van der Waals surface area contributed by atoms with E-state index in [0.717, 1.165) is 26.1 Å². The highest BCUT2D eigenvalue weighted by molar-refractivity contribution is 5.95. The van der Waals surface area contributed by atoms with Gasteiger partial charge in [0.15, 0.2) is 0 Å². The zero-order valence-electron chi connectivity index (χ0n) is 11.5. The average molecular weight is 263 g/mol. The first kappa shape index (κ1) is 13.7. The van der Waals surface area contributed by atoms with E-state index in [-0.39, 0.29) is 17.7 Å². The number of nitrogens with zero attached hydrogens (tertiary/aromatic N) is 2. The molecule has 0 radical (unpaired) electrons. The van der Waals surface area contributed by atoms with E-state index in [1.807, 2.05) is 4.90 Å². The van der Waals surface area contributed by atoms with Crippen LogP contribution in [0.4, 0.5) is 5.69 Å². The largest absolute Gasteiger partial charge is 0.506 e. The SMILES string of the molecule is CC1CN(C)CCCN1C(=O)c1ccc(N)c(O)c1. The van der Waals surface area contributed by atoms with Gasteiger partial charge >= 0.3 is 0 Å². The normalized spacial score (nSPS) is 21.2. The summed E-state index contributed by atoms with van der Waals surface area (Å²) < 4.78 is 0. The van der Waals surface area contributed by atoms with Gasteiger partial charge in [-0.2, -0.15) is 0 Å². The molecule has 1 heterocycles. The average Bonchev–Trinajstić information content (AvgIpc) is 2.52. The molecule has 1 aromatic carbocycles. The summed E-state index contributed by atoms with van der Waals surface area (Å²) in [5.74, 6) is -0.0801. The second kappa shape index (κ2) is 5.48. The Morgan fingerprint density at radius 1 is 1.42 bits per heavy atom. The Kier molecular flexibility index (Phi) is 3.95. The van der Waals surface area contributed by atoms with Crippen molar-refractivity contribution in [3.8, 4) is 5.75 Å². The number of nitrogens with two attached hydrogens (primary N) is 1. The Morgan fingerprint density at radius 3 is 2.84 bits per heavy atom. The lowest BCUT2D eigenvalue weighted by molar-refractivity contribution is 0.0696. The number of carbonyl (C=O) groups is 1. The third-order valence-electron chi connectivity index (χ3n) is 3.59. The lowest BCUT2D eigenvalue weighted by atomic mass is 10.1. The Hall–Kier alpha value is -1.75. The maximum atomic E-state index is 12.5. The fraction of sp³-hybridized carbons (Fsp3) is 0.500. The number of aromatic hydroxyl groups is 1. The third-order valence-corrected chi connectivity index (χ3v) is 3.59. The van der Waals surface area contributed by atoms with Crippen LogP contribution in [-0.2, 0) is 0 Å². The van der Waals surface area contributed by atoms with Crippen LogP contribution in [0.3, 0.4) is 0 Å². The molecule has 0 aromatic heterocycles. The van der Waals surface area contributed by atoms with Crippen LogP contribution < -0.4 is 5.73 Å². The lowest BCUT2D eigenvalue weighted by Gasteiger charge is -2.28. The monoisotopic (exact) mass is 263 g/mol. The number of hydrogen-bond donors (Lipinski definition) is 2. The molecule has 104 valence electrons. The first-order chi connectivity index (χ1) is 8.99. The number of benzene rings is 1. The van der Waals surface area contributed by atoms with Gasteiger partial charge in [-0.25, -0.2) is 0 Å². The minimum absolute atomic E-state index is 0.0366. The minimum atomic E-state index is -0.0434. The highest BCUT2D eigenvalue weighted by atomic mass is 16.3. The van der Waals surface area contributed by atoms with E-state index in [2.05, 4.69) is 18.9 Å². The molecule has 1 aliphatic heterocycles. The smallest absolute Gasteiger partial charge is 0.254 e. The van der Waals surface area contributed by atoms with Gasteiger partial charge in [-0.15, -0.1) is 0 Å². The van der Waals surface area contributed by atoms with Crippen LogP contribution in [0.2, 0.25) is 0 Å². The second-order valence-electron chi connectivity index (χ2n) is 5.24. The number of nitrogen functional groups attached to an aromatic ring is 1. The number of phenolic OH excluding ortho intramolecular Hbond substituents is 1. The van der Waals surface area contributed by atoms with Gasteiger partial charge in [-0.3, -0.25) is 4.79 Å². The lowest BCUT2D eigenvalue weighted by Crippen LogP contribution is -2.41. The topological polar surface area (TPSA) is 69.8 Å². The quantitative estimate of drug-likeness (QED) is 0.589. The van der Waals surface area contributed by atoms with E-state index in [1.54, 1.807) is 12.1 Å². The van der Waals surface area contributed by atoms with Gasteiger partial charge in [0.05, 0.1) is 5.69 Å². The summed E-state index contributed by atoms with van der Waals surface area (Å²) in [5.41, 5.74) is 6.34. The summed E-state index contributed by atoms with van der Waals surface area (Å²) in [4.78, 5) is 16.6. The zero-order valence-corrected chi connectivity index (χ0v) is 11.5. The second-order valence-corrected chi connectivity index (χ2v) is 5.24. The van der Waals surface area contributed by atoms with Crippen LogP contribution in [0, 0.1) is 0 Å². The molecule has 1 fully saturated rings. The standard InChI is InChI=1S/C14H21N3O2/c1-10-9-16(2)6-3-7-17(10)14(19)11-4-5-12(15)13(18)8-11/h4-5,8,10,18H,3,6-7,9,15H2,1-2H3. The highest BCUT2D eigenvalue weighted by Gasteiger charge is 2.25. The Balaban J connectivity index is 2.20. The van der Waals surface area contributed by atoms with Crippen molar-refractivity contribution in [3.63, 3.8) is 0 Å². The number of anilines is 1. The number of carbonyl (C=O) groups excluding carboxylic acids is 1. The molecule has 0 bridgehead atoms.